The van der Waals surface area contributed by atoms with E-state index in [1.807, 2.05) is 6.07 Å². The van der Waals surface area contributed by atoms with Gasteiger partial charge in [0.1, 0.15) is 0 Å². The molecular weight excluding hydrogens is 170 g/mol. The summed E-state index contributed by atoms with van der Waals surface area (Å²) in [6, 6.07) is 1.92. The van der Waals surface area contributed by atoms with Crippen LogP contribution in [-0.4, -0.2) is 9.48 Å². The van der Waals surface area contributed by atoms with Crippen molar-refractivity contribution in [3.05, 3.63) is 17.1 Å². The third kappa shape index (κ3) is 1.52. The van der Waals surface area contributed by atoms with Crippen LogP contribution in [0.2, 0.25) is 0 Å². The number of rotatable bonds is 2. The van der Waals surface area contributed by atoms with E-state index in [-0.39, 0.29) is 6.10 Å². The number of hydrogen-bond donors (Lipinski definition) is 1. The first-order chi connectivity index (χ1) is 5.88. The zero-order chi connectivity index (χ0) is 8.39. The minimum Gasteiger partial charge on any atom is -0.387 e. The van der Waals surface area contributed by atoms with Crippen LogP contribution < -0.4 is 0 Å². The molecule has 1 fully saturated rings. The van der Waals surface area contributed by atoms with Gasteiger partial charge >= 0.3 is 0 Å². The Kier molecular flexibility index (Phi) is 2.42. The topological polar surface area (TPSA) is 33.1 Å². The summed E-state index contributed by atoms with van der Waals surface area (Å²) in [6.07, 6.45) is 6.43. The third-order valence-electron chi connectivity index (χ3n) is 2.60. The fourth-order valence-corrected chi connectivity index (χ4v) is 2.55. The molecule has 1 atom stereocenters. The Balaban J connectivity index is 2.04. The van der Waals surface area contributed by atoms with Crippen molar-refractivity contribution >= 4 is 11.5 Å². The van der Waals surface area contributed by atoms with E-state index in [1.165, 1.54) is 37.2 Å². The molecule has 2 nitrogen and oxygen atoms in total. The summed E-state index contributed by atoms with van der Waals surface area (Å²) in [5.74, 6) is 0.491. The highest BCUT2D eigenvalue weighted by Crippen LogP contribution is 2.36. The van der Waals surface area contributed by atoms with Gasteiger partial charge in [-0.25, -0.2) is 4.37 Å². The minimum atomic E-state index is -0.250. The Morgan fingerprint density at radius 3 is 2.83 bits per heavy atom. The van der Waals surface area contributed by atoms with Crippen molar-refractivity contribution in [1.29, 1.82) is 0 Å². The number of aliphatic hydroxyl groups is 1. The Bertz CT molecular complexity index is 229. The molecule has 0 radical (unpaired) electrons. The number of aliphatic hydroxyl groups excluding tert-OH is 1. The number of aromatic nitrogens is 1. The predicted molar refractivity (Wildman–Crippen MR) is 49.0 cm³/mol. The van der Waals surface area contributed by atoms with E-state index in [2.05, 4.69) is 4.37 Å². The van der Waals surface area contributed by atoms with Gasteiger partial charge in [0.05, 0.1) is 11.0 Å². The molecule has 0 aliphatic heterocycles. The Labute approximate surface area is 76.4 Å². The summed E-state index contributed by atoms with van der Waals surface area (Å²) in [6.45, 7) is 0. The number of nitrogens with zero attached hydrogens (tertiary/aromatic N) is 1. The van der Waals surface area contributed by atoms with E-state index in [4.69, 9.17) is 0 Å². The van der Waals surface area contributed by atoms with Crippen LogP contribution in [0.1, 0.15) is 36.7 Å². The molecule has 12 heavy (non-hydrogen) atoms. The van der Waals surface area contributed by atoms with Gasteiger partial charge in [0.15, 0.2) is 0 Å². The van der Waals surface area contributed by atoms with Gasteiger partial charge < -0.3 is 5.11 Å². The first-order valence-electron chi connectivity index (χ1n) is 4.46. The second kappa shape index (κ2) is 3.54. The van der Waals surface area contributed by atoms with Gasteiger partial charge in [-0.3, -0.25) is 0 Å². The van der Waals surface area contributed by atoms with Crippen LogP contribution in [0.25, 0.3) is 0 Å². The average molecular weight is 183 g/mol. The highest BCUT2D eigenvalue weighted by atomic mass is 32.1. The monoisotopic (exact) mass is 183 g/mol. The summed E-state index contributed by atoms with van der Waals surface area (Å²) >= 11 is 1.42. The van der Waals surface area contributed by atoms with Gasteiger partial charge in [-0.15, -0.1) is 0 Å². The quantitative estimate of drug-likeness (QED) is 0.763. The van der Waals surface area contributed by atoms with Crippen molar-refractivity contribution in [3.8, 4) is 0 Å². The lowest BCUT2D eigenvalue weighted by atomic mass is 10.00. The summed E-state index contributed by atoms with van der Waals surface area (Å²) in [5, 5.41) is 9.88. The largest absolute Gasteiger partial charge is 0.387 e. The van der Waals surface area contributed by atoms with Crippen LogP contribution in [0, 0.1) is 5.92 Å². The number of hydrogen-bond acceptors (Lipinski definition) is 3. The fraction of sp³-hybridized carbons (Fsp3) is 0.667. The zero-order valence-corrected chi connectivity index (χ0v) is 7.76. The maximum atomic E-state index is 9.88. The Hall–Kier alpha value is -0.410. The van der Waals surface area contributed by atoms with E-state index < -0.39 is 0 Å². The maximum Gasteiger partial charge on any atom is 0.0925 e. The van der Waals surface area contributed by atoms with E-state index >= 15 is 0 Å². The summed E-state index contributed by atoms with van der Waals surface area (Å²) in [5.41, 5.74) is 0. The van der Waals surface area contributed by atoms with Crippen LogP contribution in [0.5, 0.6) is 0 Å². The molecule has 0 bridgehead atoms. The molecule has 0 saturated heterocycles. The zero-order valence-electron chi connectivity index (χ0n) is 6.94. The van der Waals surface area contributed by atoms with Gasteiger partial charge in [0, 0.05) is 6.20 Å². The normalized spacial score (nSPS) is 21.4. The second-order valence-electron chi connectivity index (χ2n) is 3.40. The van der Waals surface area contributed by atoms with E-state index in [0.29, 0.717) is 5.92 Å². The molecule has 1 unspecified atom stereocenters. The molecule has 1 aliphatic carbocycles. The molecule has 1 aliphatic rings. The SMILES string of the molecule is OC(c1ccns1)C1CCCC1. The molecule has 1 aromatic rings. The highest BCUT2D eigenvalue weighted by molar-refractivity contribution is 7.05. The van der Waals surface area contributed by atoms with Crippen molar-refractivity contribution in [2.24, 2.45) is 5.92 Å². The molecule has 1 saturated carbocycles. The predicted octanol–water partition coefficient (Wildman–Crippen LogP) is 2.37. The molecular formula is C9H13NOS. The van der Waals surface area contributed by atoms with E-state index in [9.17, 15) is 5.11 Å². The van der Waals surface area contributed by atoms with Crippen molar-refractivity contribution in [1.82, 2.24) is 4.37 Å². The lowest BCUT2D eigenvalue weighted by Crippen LogP contribution is -2.06. The Morgan fingerprint density at radius 2 is 2.25 bits per heavy atom. The van der Waals surface area contributed by atoms with Gasteiger partial charge in [0.25, 0.3) is 0 Å². The van der Waals surface area contributed by atoms with Crippen molar-refractivity contribution in [3.63, 3.8) is 0 Å². The van der Waals surface area contributed by atoms with Crippen LogP contribution in [0.15, 0.2) is 12.3 Å². The highest BCUT2D eigenvalue weighted by Gasteiger charge is 2.25. The summed E-state index contributed by atoms with van der Waals surface area (Å²) < 4.78 is 4.00. The maximum absolute atomic E-state index is 9.88. The molecule has 0 aromatic carbocycles. The second-order valence-corrected chi connectivity index (χ2v) is 4.27. The summed E-state index contributed by atoms with van der Waals surface area (Å²) in [7, 11) is 0. The molecule has 1 aromatic heterocycles. The van der Waals surface area contributed by atoms with Gasteiger partial charge in [-0.05, 0) is 36.4 Å². The average Bonchev–Trinajstić information content (AvgIpc) is 2.77. The van der Waals surface area contributed by atoms with Crippen molar-refractivity contribution in [2.75, 3.05) is 0 Å². The van der Waals surface area contributed by atoms with E-state index in [1.54, 1.807) is 6.20 Å². The standard InChI is InChI=1S/C9H13NOS/c11-9(7-3-1-2-4-7)8-5-6-10-12-8/h5-7,9,11H,1-4H2. The van der Waals surface area contributed by atoms with Crippen molar-refractivity contribution in [2.45, 2.75) is 31.8 Å². The summed E-state index contributed by atoms with van der Waals surface area (Å²) in [4.78, 5) is 1.03. The minimum absolute atomic E-state index is 0.250. The molecule has 0 amide bonds. The first kappa shape index (κ1) is 8.20. The molecule has 0 spiro atoms. The molecule has 66 valence electrons. The van der Waals surface area contributed by atoms with Gasteiger partial charge in [0.2, 0.25) is 0 Å². The molecule has 3 heteroatoms. The third-order valence-corrected chi connectivity index (χ3v) is 3.41. The van der Waals surface area contributed by atoms with Crippen LogP contribution in [0.3, 0.4) is 0 Å². The van der Waals surface area contributed by atoms with E-state index in [0.717, 1.165) is 4.88 Å². The fourth-order valence-electron chi connectivity index (χ4n) is 1.88. The first-order valence-corrected chi connectivity index (χ1v) is 5.24. The lowest BCUT2D eigenvalue weighted by molar-refractivity contribution is 0.115. The molecule has 1 N–H and O–H groups in total. The molecule has 2 rings (SSSR count). The van der Waals surface area contributed by atoms with Crippen LogP contribution >= 0.6 is 11.5 Å². The van der Waals surface area contributed by atoms with Crippen LogP contribution in [-0.2, 0) is 0 Å². The van der Waals surface area contributed by atoms with Crippen LogP contribution in [0.4, 0.5) is 0 Å². The van der Waals surface area contributed by atoms with Gasteiger partial charge in [-0.2, -0.15) is 0 Å². The smallest absolute Gasteiger partial charge is 0.0925 e. The lowest BCUT2D eigenvalue weighted by Gasteiger charge is -2.14. The molecule has 1 heterocycles. The Morgan fingerprint density at radius 1 is 1.50 bits per heavy atom. The van der Waals surface area contributed by atoms with Gasteiger partial charge in [-0.1, -0.05) is 12.8 Å². The van der Waals surface area contributed by atoms with Crippen molar-refractivity contribution < 1.29 is 5.11 Å².